The monoisotopic (exact) mass is 310 g/mol. The Morgan fingerprint density at radius 1 is 1.43 bits per heavy atom. The summed E-state index contributed by atoms with van der Waals surface area (Å²) in [6.45, 7) is 14.7. The van der Waals surface area contributed by atoms with Crippen molar-refractivity contribution >= 4 is 17.3 Å². The van der Waals surface area contributed by atoms with Gasteiger partial charge in [0.1, 0.15) is 10.6 Å². The average molecular weight is 310 g/mol. The number of hydrogen-bond acceptors (Lipinski definition) is 5. The summed E-state index contributed by atoms with van der Waals surface area (Å²) in [5.74, 6) is -0.400. The van der Waals surface area contributed by atoms with Crippen LogP contribution in [0.1, 0.15) is 52.2 Å². The summed E-state index contributed by atoms with van der Waals surface area (Å²) in [5.41, 5.74) is -0.111. The van der Waals surface area contributed by atoms with Crippen LogP contribution in [0.15, 0.2) is 5.38 Å². The summed E-state index contributed by atoms with van der Waals surface area (Å²) >= 11 is 1.63. The second-order valence-electron chi connectivity index (χ2n) is 7.75. The Morgan fingerprint density at radius 2 is 2.05 bits per heavy atom. The van der Waals surface area contributed by atoms with Gasteiger partial charge >= 0.3 is 5.97 Å². The van der Waals surface area contributed by atoms with Crippen LogP contribution >= 0.6 is 11.3 Å². The number of esters is 1. The van der Waals surface area contributed by atoms with Crippen LogP contribution < -0.4 is 5.32 Å². The molecule has 1 aliphatic rings. The van der Waals surface area contributed by atoms with Gasteiger partial charge in [-0.05, 0) is 41.5 Å². The van der Waals surface area contributed by atoms with E-state index >= 15 is 0 Å². The van der Waals surface area contributed by atoms with Crippen molar-refractivity contribution in [1.82, 2.24) is 10.3 Å². The molecule has 0 saturated carbocycles. The first-order chi connectivity index (χ1) is 9.46. The molecule has 2 heterocycles. The molecule has 2 unspecified atom stereocenters. The van der Waals surface area contributed by atoms with E-state index < -0.39 is 5.60 Å². The van der Waals surface area contributed by atoms with E-state index in [4.69, 9.17) is 4.74 Å². The first kappa shape index (κ1) is 16.4. The number of nitrogens with zero attached hydrogens (tertiary/aromatic N) is 1. The Balaban J connectivity index is 2.39. The van der Waals surface area contributed by atoms with E-state index in [0.29, 0.717) is 0 Å². The third-order valence-electron chi connectivity index (χ3n) is 4.02. The van der Waals surface area contributed by atoms with Gasteiger partial charge in [0.25, 0.3) is 0 Å². The van der Waals surface area contributed by atoms with Gasteiger partial charge in [0, 0.05) is 28.6 Å². The summed E-state index contributed by atoms with van der Waals surface area (Å²) in [6, 6.07) is 0. The largest absolute Gasteiger partial charge is 0.460 e. The van der Waals surface area contributed by atoms with Crippen molar-refractivity contribution in [3.63, 3.8) is 0 Å². The van der Waals surface area contributed by atoms with E-state index in [1.165, 1.54) is 0 Å². The van der Waals surface area contributed by atoms with Gasteiger partial charge in [-0.25, -0.2) is 4.98 Å². The summed E-state index contributed by atoms with van der Waals surface area (Å²) in [7, 11) is 0. The minimum Gasteiger partial charge on any atom is -0.460 e. The zero-order valence-corrected chi connectivity index (χ0v) is 14.9. The lowest BCUT2D eigenvalue weighted by Crippen LogP contribution is -2.48. The molecule has 4 nitrogen and oxygen atoms in total. The van der Waals surface area contributed by atoms with Gasteiger partial charge in [0.15, 0.2) is 0 Å². The van der Waals surface area contributed by atoms with Crippen molar-refractivity contribution in [2.75, 3.05) is 6.54 Å². The van der Waals surface area contributed by atoms with Crippen LogP contribution in [-0.2, 0) is 14.9 Å². The number of aromatic nitrogens is 1. The van der Waals surface area contributed by atoms with Gasteiger partial charge in [0.2, 0.25) is 0 Å². The van der Waals surface area contributed by atoms with Crippen LogP contribution in [0, 0.1) is 12.8 Å². The van der Waals surface area contributed by atoms with Crippen molar-refractivity contribution in [3.05, 3.63) is 16.1 Å². The van der Waals surface area contributed by atoms with E-state index in [0.717, 1.165) is 17.2 Å². The minimum atomic E-state index is -0.477. The highest BCUT2D eigenvalue weighted by Crippen LogP contribution is 2.45. The number of hydrogen-bond donors (Lipinski definition) is 1. The third kappa shape index (κ3) is 3.14. The molecule has 2 rings (SSSR count). The summed E-state index contributed by atoms with van der Waals surface area (Å²) < 4.78 is 5.68. The minimum absolute atomic E-state index is 0.146. The van der Waals surface area contributed by atoms with E-state index in [2.05, 4.69) is 31.1 Å². The molecule has 0 spiro atoms. The normalized spacial score (nSPS) is 28.6. The second-order valence-corrected chi connectivity index (χ2v) is 8.61. The maximum Gasteiger partial charge on any atom is 0.312 e. The predicted molar refractivity (Wildman–Crippen MR) is 85.6 cm³/mol. The fraction of sp³-hybridized carbons (Fsp3) is 0.750. The van der Waals surface area contributed by atoms with Gasteiger partial charge in [-0.2, -0.15) is 0 Å². The Kier molecular flexibility index (Phi) is 3.96. The number of rotatable bonds is 2. The standard InChI is InChI=1S/C16H26N2O2S/c1-10-8-21-13(18-10)16(7)9-17-15(5,6)11(16)12(19)20-14(2,3)4/h8,11,17H,9H2,1-7H3. The first-order valence-corrected chi connectivity index (χ1v) is 8.24. The Hall–Kier alpha value is -0.940. The van der Waals surface area contributed by atoms with Crippen LogP contribution in [0.3, 0.4) is 0 Å². The Morgan fingerprint density at radius 3 is 2.52 bits per heavy atom. The molecule has 1 aromatic heterocycles. The fourth-order valence-electron chi connectivity index (χ4n) is 3.14. The maximum absolute atomic E-state index is 12.8. The van der Waals surface area contributed by atoms with Gasteiger partial charge < -0.3 is 10.1 Å². The topological polar surface area (TPSA) is 51.2 Å². The zero-order chi connectivity index (χ0) is 16.1. The van der Waals surface area contributed by atoms with Crippen molar-refractivity contribution in [2.45, 2.75) is 65.0 Å². The molecule has 0 aliphatic carbocycles. The second kappa shape index (κ2) is 5.06. The number of ether oxygens (including phenoxy) is 1. The molecule has 1 aromatic rings. The molecule has 1 saturated heterocycles. The summed E-state index contributed by atoms with van der Waals surface area (Å²) in [6.07, 6.45) is 0. The number of aryl methyl sites for hydroxylation is 1. The smallest absolute Gasteiger partial charge is 0.312 e. The van der Waals surface area contributed by atoms with Gasteiger partial charge in [0.05, 0.1) is 5.92 Å². The average Bonchev–Trinajstić information content (AvgIpc) is 2.80. The van der Waals surface area contributed by atoms with Crippen LogP contribution in [0.2, 0.25) is 0 Å². The number of carbonyl (C=O) groups excluding carboxylic acids is 1. The third-order valence-corrected chi connectivity index (χ3v) is 5.26. The van der Waals surface area contributed by atoms with Gasteiger partial charge in [-0.1, -0.05) is 6.92 Å². The molecule has 1 fully saturated rings. The van der Waals surface area contributed by atoms with Crippen molar-refractivity contribution in [3.8, 4) is 0 Å². The van der Waals surface area contributed by atoms with Crippen molar-refractivity contribution in [2.24, 2.45) is 5.92 Å². The molecule has 0 bridgehead atoms. The fourth-order valence-corrected chi connectivity index (χ4v) is 4.13. The van der Waals surface area contributed by atoms with Crippen LogP contribution in [-0.4, -0.2) is 28.6 Å². The molecule has 0 radical (unpaired) electrons. The summed E-state index contributed by atoms with van der Waals surface area (Å²) in [4.78, 5) is 17.4. The van der Waals surface area contributed by atoms with Crippen LogP contribution in [0.25, 0.3) is 0 Å². The van der Waals surface area contributed by atoms with E-state index in [-0.39, 0.29) is 22.8 Å². The lowest BCUT2D eigenvalue weighted by Gasteiger charge is -2.35. The van der Waals surface area contributed by atoms with E-state index in [1.807, 2.05) is 33.1 Å². The predicted octanol–water partition coefficient (Wildman–Crippen LogP) is 3.05. The molecular weight excluding hydrogens is 284 g/mol. The highest BCUT2D eigenvalue weighted by atomic mass is 32.1. The SMILES string of the molecule is Cc1csc(C2(C)CNC(C)(C)C2C(=O)OC(C)(C)C)n1. The van der Waals surface area contributed by atoms with Crippen LogP contribution in [0.5, 0.6) is 0 Å². The van der Waals surface area contributed by atoms with Crippen molar-refractivity contribution in [1.29, 1.82) is 0 Å². The maximum atomic E-state index is 12.8. The molecule has 0 aromatic carbocycles. The Bertz CT molecular complexity index is 545. The number of thiazole rings is 1. The highest BCUT2D eigenvalue weighted by molar-refractivity contribution is 7.09. The molecule has 1 aliphatic heterocycles. The molecule has 5 heteroatoms. The molecule has 0 amide bonds. The molecule has 21 heavy (non-hydrogen) atoms. The lowest BCUT2D eigenvalue weighted by molar-refractivity contribution is -0.163. The Labute approximate surface area is 131 Å². The zero-order valence-electron chi connectivity index (χ0n) is 14.0. The van der Waals surface area contributed by atoms with E-state index in [9.17, 15) is 4.79 Å². The summed E-state index contributed by atoms with van der Waals surface area (Å²) in [5, 5.41) is 6.52. The van der Waals surface area contributed by atoms with Crippen LogP contribution in [0.4, 0.5) is 0 Å². The number of carbonyl (C=O) groups is 1. The van der Waals surface area contributed by atoms with Gasteiger partial charge in [-0.15, -0.1) is 11.3 Å². The van der Waals surface area contributed by atoms with Crippen molar-refractivity contribution < 1.29 is 9.53 Å². The molecule has 118 valence electrons. The lowest BCUT2D eigenvalue weighted by atomic mass is 9.72. The molecule has 2 atom stereocenters. The number of nitrogens with one attached hydrogen (secondary N) is 1. The molecular formula is C16H26N2O2S. The first-order valence-electron chi connectivity index (χ1n) is 7.36. The quantitative estimate of drug-likeness (QED) is 0.853. The van der Waals surface area contributed by atoms with E-state index in [1.54, 1.807) is 11.3 Å². The molecule has 1 N–H and O–H groups in total. The highest BCUT2D eigenvalue weighted by Gasteiger charge is 2.57. The van der Waals surface area contributed by atoms with Gasteiger partial charge in [-0.3, -0.25) is 4.79 Å².